The van der Waals surface area contributed by atoms with E-state index in [0.717, 1.165) is 53.7 Å². The summed E-state index contributed by atoms with van der Waals surface area (Å²) in [5, 5.41) is 5.75. The van der Waals surface area contributed by atoms with Crippen molar-refractivity contribution >= 4 is 33.8 Å². The van der Waals surface area contributed by atoms with Gasteiger partial charge in [-0.2, -0.15) is 0 Å². The Morgan fingerprint density at radius 3 is 2.96 bits per heavy atom. The molecule has 5 nitrogen and oxygen atoms in total. The summed E-state index contributed by atoms with van der Waals surface area (Å²) in [6.07, 6.45) is 4.09. The maximum Gasteiger partial charge on any atom is 0.224 e. The van der Waals surface area contributed by atoms with Crippen LogP contribution in [-0.4, -0.2) is 39.8 Å². The zero-order valence-corrected chi connectivity index (χ0v) is 16.9. The molecule has 1 aromatic carbocycles. The molecule has 1 aliphatic rings. The van der Waals surface area contributed by atoms with Gasteiger partial charge in [-0.05, 0) is 38.4 Å². The Balaban J connectivity index is 1.61. The summed E-state index contributed by atoms with van der Waals surface area (Å²) in [6, 6.07) is 7.85. The second-order valence-corrected chi connectivity index (χ2v) is 8.25. The Morgan fingerprint density at radius 1 is 1.37 bits per heavy atom. The van der Waals surface area contributed by atoms with Crippen molar-refractivity contribution in [1.82, 2.24) is 19.6 Å². The van der Waals surface area contributed by atoms with Crippen LogP contribution in [0.3, 0.4) is 0 Å². The molecular formula is C20H23ClN4OS. The largest absolute Gasteiger partial charge is 0.356 e. The third-order valence-electron chi connectivity index (χ3n) is 5.08. The van der Waals surface area contributed by atoms with E-state index in [2.05, 4.69) is 26.2 Å². The van der Waals surface area contributed by atoms with Gasteiger partial charge in [0.15, 0.2) is 4.96 Å². The van der Waals surface area contributed by atoms with Crippen molar-refractivity contribution in [3.8, 4) is 11.3 Å². The number of likely N-dealkylation sites (tertiary alicyclic amines) is 1. The number of carbonyl (C=O) groups excluding carboxylic acids is 1. The van der Waals surface area contributed by atoms with Gasteiger partial charge >= 0.3 is 0 Å². The number of imidazole rings is 1. The van der Waals surface area contributed by atoms with Crippen LogP contribution >= 0.6 is 22.9 Å². The van der Waals surface area contributed by atoms with E-state index in [0.29, 0.717) is 6.54 Å². The number of nitrogens with one attached hydrogen (secondary N) is 1. The van der Waals surface area contributed by atoms with E-state index in [4.69, 9.17) is 16.6 Å². The predicted octanol–water partition coefficient (Wildman–Crippen LogP) is 4.06. The normalized spacial score (nSPS) is 18.1. The molecule has 1 fully saturated rings. The van der Waals surface area contributed by atoms with E-state index in [1.807, 2.05) is 31.2 Å². The number of piperidine rings is 1. The van der Waals surface area contributed by atoms with E-state index >= 15 is 0 Å². The molecule has 0 bridgehead atoms. The smallest absolute Gasteiger partial charge is 0.224 e. The predicted molar refractivity (Wildman–Crippen MR) is 110 cm³/mol. The Labute approximate surface area is 168 Å². The highest BCUT2D eigenvalue weighted by atomic mass is 35.5. The molecule has 3 heterocycles. The molecule has 0 aliphatic carbocycles. The molecule has 2 aromatic heterocycles. The number of amides is 1. The maximum absolute atomic E-state index is 12.3. The van der Waals surface area contributed by atoms with Crippen molar-refractivity contribution in [3.05, 3.63) is 46.6 Å². The first-order valence-electron chi connectivity index (χ1n) is 9.36. The lowest BCUT2D eigenvalue weighted by Crippen LogP contribution is -2.42. The molecule has 0 saturated carbocycles. The number of hydrogen-bond donors (Lipinski definition) is 1. The molecule has 27 heavy (non-hydrogen) atoms. The summed E-state index contributed by atoms with van der Waals surface area (Å²) >= 11 is 7.69. The number of aromatic nitrogens is 2. The highest BCUT2D eigenvalue weighted by Gasteiger charge is 2.27. The second-order valence-electron chi connectivity index (χ2n) is 6.94. The number of rotatable bonds is 5. The van der Waals surface area contributed by atoms with E-state index < -0.39 is 0 Å². The molecule has 1 saturated heterocycles. The Hall–Kier alpha value is -1.89. The minimum absolute atomic E-state index is 0.0727. The summed E-state index contributed by atoms with van der Waals surface area (Å²) in [7, 11) is 0. The Kier molecular flexibility index (Phi) is 5.48. The summed E-state index contributed by atoms with van der Waals surface area (Å²) in [4.78, 5) is 20.5. The van der Waals surface area contributed by atoms with Gasteiger partial charge in [0.1, 0.15) is 0 Å². The Bertz CT molecular complexity index is 933. The maximum atomic E-state index is 12.3. The van der Waals surface area contributed by atoms with Gasteiger partial charge in [0.2, 0.25) is 5.91 Å². The standard InChI is InChI=1S/C20H23ClN4OS/c1-2-22-19(26)15-4-3-9-24(12-15)13-17-18(14-5-7-16(21)8-6-14)23-20-25(17)10-11-27-20/h5-8,10-11,15H,2-4,9,12-13H2,1H3,(H,22,26). The molecule has 142 valence electrons. The summed E-state index contributed by atoms with van der Waals surface area (Å²) in [5.74, 6) is 0.248. The fourth-order valence-corrected chi connectivity index (χ4v) is 4.62. The van der Waals surface area contributed by atoms with Crippen LogP contribution in [0.1, 0.15) is 25.5 Å². The molecule has 4 rings (SSSR count). The molecule has 1 aliphatic heterocycles. The van der Waals surface area contributed by atoms with E-state index in [-0.39, 0.29) is 11.8 Å². The number of hydrogen-bond acceptors (Lipinski definition) is 4. The molecule has 1 atom stereocenters. The molecule has 0 spiro atoms. The van der Waals surface area contributed by atoms with Crippen molar-refractivity contribution in [2.75, 3.05) is 19.6 Å². The lowest BCUT2D eigenvalue weighted by Gasteiger charge is -2.31. The molecule has 3 aromatic rings. The van der Waals surface area contributed by atoms with Gasteiger partial charge in [0.25, 0.3) is 0 Å². The number of thiazole rings is 1. The van der Waals surface area contributed by atoms with Gasteiger partial charge in [-0.15, -0.1) is 11.3 Å². The Morgan fingerprint density at radius 2 is 2.19 bits per heavy atom. The van der Waals surface area contributed by atoms with Gasteiger partial charge in [-0.25, -0.2) is 4.98 Å². The van der Waals surface area contributed by atoms with Crippen LogP contribution in [-0.2, 0) is 11.3 Å². The quantitative estimate of drug-likeness (QED) is 0.700. The van der Waals surface area contributed by atoms with Crippen LogP contribution < -0.4 is 5.32 Å². The van der Waals surface area contributed by atoms with Crippen molar-refractivity contribution in [2.45, 2.75) is 26.3 Å². The fraction of sp³-hybridized carbons (Fsp3) is 0.400. The van der Waals surface area contributed by atoms with Gasteiger partial charge in [0.05, 0.1) is 17.3 Å². The van der Waals surface area contributed by atoms with Gasteiger partial charge < -0.3 is 5.32 Å². The zero-order valence-electron chi connectivity index (χ0n) is 15.3. The average molecular weight is 403 g/mol. The average Bonchev–Trinajstić information content (AvgIpc) is 3.26. The zero-order chi connectivity index (χ0) is 18.8. The van der Waals surface area contributed by atoms with Gasteiger partial charge in [-0.3, -0.25) is 14.1 Å². The topological polar surface area (TPSA) is 49.6 Å². The molecular weight excluding hydrogens is 380 g/mol. The lowest BCUT2D eigenvalue weighted by atomic mass is 9.96. The van der Waals surface area contributed by atoms with Crippen LogP contribution in [0.15, 0.2) is 35.8 Å². The third-order valence-corrected chi connectivity index (χ3v) is 6.09. The van der Waals surface area contributed by atoms with Crippen molar-refractivity contribution in [2.24, 2.45) is 5.92 Å². The van der Waals surface area contributed by atoms with E-state index in [1.54, 1.807) is 11.3 Å². The minimum Gasteiger partial charge on any atom is -0.356 e. The number of carbonyl (C=O) groups is 1. The van der Waals surface area contributed by atoms with Crippen molar-refractivity contribution in [1.29, 1.82) is 0 Å². The highest BCUT2D eigenvalue weighted by Crippen LogP contribution is 2.30. The summed E-state index contributed by atoms with van der Waals surface area (Å²) < 4.78 is 2.17. The first-order valence-corrected chi connectivity index (χ1v) is 10.6. The van der Waals surface area contributed by atoms with Gasteiger partial charge in [-0.1, -0.05) is 23.7 Å². The second kappa shape index (κ2) is 8.00. The number of fused-ring (bicyclic) bond motifs is 1. The van der Waals surface area contributed by atoms with Crippen LogP contribution in [0.2, 0.25) is 5.02 Å². The summed E-state index contributed by atoms with van der Waals surface area (Å²) in [6.45, 7) is 5.24. The van der Waals surface area contributed by atoms with Crippen molar-refractivity contribution < 1.29 is 4.79 Å². The van der Waals surface area contributed by atoms with Gasteiger partial charge in [0, 0.05) is 41.8 Å². The van der Waals surface area contributed by atoms with E-state index in [1.165, 1.54) is 5.69 Å². The lowest BCUT2D eigenvalue weighted by molar-refractivity contribution is -0.126. The first-order chi connectivity index (χ1) is 13.2. The first kappa shape index (κ1) is 18.5. The van der Waals surface area contributed by atoms with Crippen LogP contribution in [0.4, 0.5) is 0 Å². The van der Waals surface area contributed by atoms with Crippen molar-refractivity contribution in [3.63, 3.8) is 0 Å². The molecule has 7 heteroatoms. The fourth-order valence-electron chi connectivity index (χ4n) is 3.77. The number of benzene rings is 1. The van der Waals surface area contributed by atoms with Crippen LogP contribution in [0, 0.1) is 5.92 Å². The van der Waals surface area contributed by atoms with E-state index in [9.17, 15) is 4.79 Å². The SMILES string of the molecule is CCNC(=O)C1CCCN(Cc2c(-c3ccc(Cl)cc3)nc3sccn23)C1. The molecule has 1 unspecified atom stereocenters. The monoisotopic (exact) mass is 402 g/mol. The molecule has 1 N–H and O–H groups in total. The van der Waals surface area contributed by atoms with Crippen LogP contribution in [0.5, 0.6) is 0 Å². The number of nitrogens with zero attached hydrogens (tertiary/aromatic N) is 3. The number of halogens is 1. The highest BCUT2D eigenvalue weighted by molar-refractivity contribution is 7.15. The third kappa shape index (κ3) is 3.88. The molecule has 1 amide bonds. The minimum atomic E-state index is 0.0727. The summed E-state index contributed by atoms with van der Waals surface area (Å²) in [5.41, 5.74) is 3.24. The van der Waals surface area contributed by atoms with Crippen LogP contribution in [0.25, 0.3) is 16.2 Å². The molecule has 0 radical (unpaired) electrons.